The first-order valence-electron chi connectivity index (χ1n) is 23.2. The molecule has 2 amide bonds. The average Bonchev–Trinajstić information content (AvgIpc) is 3.85. The van der Waals surface area contributed by atoms with Crippen LogP contribution < -0.4 is 0 Å². The first kappa shape index (κ1) is 54.0. The summed E-state index contributed by atoms with van der Waals surface area (Å²) < 4.78 is 8.88. The Morgan fingerprint density at radius 2 is 0.673 bits per heavy atom. The fraction of sp³-hybridized carbons (Fsp3) is 0.955. The molecule has 55 heavy (non-hydrogen) atoms. The van der Waals surface area contributed by atoms with Crippen molar-refractivity contribution in [3.8, 4) is 0 Å². The molecule has 328 valence electrons. The van der Waals surface area contributed by atoms with Crippen LogP contribution in [0.2, 0.25) is 0 Å². The molecule has 0 saturated carbocycles. The minimum absolute atomic E-state index is 0.0964. The van der Waals surface area contributed by atoms with Crippen molar-refractivity contribution in [2.24, 2.45) is 0 Å². The summed E-state index contributed by atoms with van der Waals surface area (Å²) in [5.41, 5.74) is 0. The Bertz CT molecular complexity index is 850. The molecule has 2 aliphatic heterocycles. The van der Waals surface area contributed by atoms with E-state index in [1.165, 1.54) is 167 Å². The van der Waals surface area contributed by atoms with Gasteiger partial charge in [0, 0.05) is 25.9 Å². The number of unbranched alkanes of at least 4 members (excludes halogenated alkanes) is 26. The monoisotopic (exact) mass is 805 g/mol. The molecular formula is C44H89N2O8P. The summed E-state index contributed by atoms with van der Waals surface area (Å²) in [6.07, 6.45) is 43.1. The molecule has 10 nitrogen and oxygen atoms in total. The summed E-state index contributed by atoms with van der Waals surface area (Å²) in [7, 11) is -4.64. The van der Waals surface area contributed by atoms with E-state index in [9.17, 15) is 19.8 Å². The van der Waals surface area contributed by atoms with Crippen LogP contribution in [0.25, 0.3) is 0 Å². The first-order valence-corrected chi connectivity index (χ1v) is 24.7. The van der Waals surface area contributed by atoms with Crippen LogP contribution in [0, 0.1) is 0 Å². The van der Waals surface area contributed by atoms with Crippen LogP contribution in [0.1, 0.15) is 232 Å². The number of carbonyl (C=O) groups is 2. The minimum Gasteiger partial charge on any atom is -0.394 e. The third kappa shape index (κ3) is 34.7. The maximum atomic E-state index is 12.1. The van der Waals surface area contributed by atoms with Crippen LogP contribution in [0.15, 0.2) is 0 Å². The molecule has 0 aliphatic carbocycles. The first-order chi connectivity index (χ1) is 26.6. The lowest BCUT2D eigenvalue weighted by Crippen LogP contribution is -2.37. The van der Waals surface area contributed by atoms with Crippen molar-refractivity contribution < 1.29 is 39.0 Å². The number of amides is 2. The molecule has 2 saturated heterocycles. The van der Waals surface area contributed by atoms with Gasteiger partial charge in [-0.25, -0.2) is 4.57 Å². The summed E-state index contributed by atoms with van der Waals surface area (Å²) in [4.78, 5) is 49.7. The molecule has 2 rings (SSSR count). The zero-order valence-corrected chi connectivity index (χ0v) is 36.7. The van der Waals surface area contributed by atoms with Crippen molar-refractivity contribution in [1.82, 2.24) is 9.80 Å². The maximum absolute atomic E-state index is 12.1. The highest BCUT2D eigenvalue weighted by atomic mass is 31.2. The van der Waals surface area contributed by atoms with Crippen molar-refractivity contribution in [3.63, 3.8) is 0 Å². The molecule has 0 aromatic carbocycles. The van der Waals surface area contributed by atoms with E-state index in [1.54, 1.807) is 0 Å². The summed E-state index contributed by atoms with van der Waals surface area (Å²) in [5.74, 6) is 0.519. The standard InChI is InChI=1S/2C22H43NO2.H3O4P/c2*1-2-3-4-5-6-7-8-9-10-11-12-13-14-15-18-22(25)23-19-16-17-21(23)20-24;1-5(2,3)4/h2*21,24H,2-20H2,1H3;(H3,1,2,3,4)/t2*21-;/m00./s1. The normalized spacial score (nSPS) is 16.9. The zero-order valence-electron chi connectivity index (χ0n) is 35.8. The molecule has 2 fully saturated rings. The summed E-state index contributed by atoms with van der Waals surface area (Å²) in [5, 5.41) is 18.6. The molecule has 11 heteroatoms. The molecule has 2 heterocycles. The van der Waals surface area contributed by atoms with Gasteiger partial charge in [0.1, 0.15) is 0 Å². The maximum Gasteiger partial charge on any atom is 0.466 e. The van der Waals surface area contributed by atoms with E-state index in [-0.39, 0.29) is 37.1 Å². The van der Waals surface area contributed by atoms with E-state index in [0.717, 1.165) is 51.6 Å². The number of hydrogen-bond donors (Lipinski definition) is 5. The van der Waals surface area contributed by atoms with Crippen LogP contribution in [-0.4, -0.2) is 84.9 Å². The Morgan fingerprint density at radius 3 is 0.891 bits per heavy atom. The highest BCUT2D eigenvalue weighted by Crippen LogP contribution is 2.26. The van der Waals surface area contributed by atoms with Gasteiger partial charge in [-0.05, 0) is 38.5 Å². The van der Waals surface area contributed by atoms with Gasteiger partial charge in [0.2, 0.25) is 11.8 Å². The van der Waals surface area contributed by atoms with Crippen LogP contribution in [0.4, 0.5) is 0 Å². The number of aliphatic hydroxyl groups excluding tert-OH is 2. The third-order valence-corrected chi connectivity index (χ3v) is 11.3. The number of phosphoric acid groups is 1. The average molecular weight is 805 g/mol. The summed E-state index contributed by atoms with van der Waals surface area (Å²) in [6, 6.07) is 0.193. The van der Waals surface area contributed by atoms with Gasteiger partial charge in [0.15, 0.2) is 0 Å². The van der Waals surface area contributed by atoms with E-state index in [0.29, 0.717) is 12.8 Å². The Kier molecular flexibility index (Phi) is 37.8. The quantitative estimate of drug-likeness (QED) is 0.0332. The fourth-order valence-corrected chi connectivity index (χ4v) is 7.94. The van der Waals surface area contributed by atoms with Gasteiger partial charge in [-0.3, -0.25) is 9.59 Å². The number of carbonyl (C=O) groups excluding carboxylic acids is 2. The topological polar surface area (TPSA) is 159 Å². The number of aliphatic hydroxyl groups is 2. The lowest BCUT2D eigenvalue weighted by atomic mass is 10.0. The predicted molar refractivity (Wildman–Crippen MR) is 228 cm³/mol. The van der Waals surface area contributed by atoms with Crippen molar-refractivity contribution in [3.05, 3.63) is 0 Å². The van der Waals surface area contributed by atoms with Crippen molar-refractivity contribution >= 4 is 19.6 Å². The molecule has 2 aliphatic rings. The zero-order chi connectivity index (χ0) is 40.8. The van der Waals surface area contributed by atoms with Gasteiger partial charge < -0.3 is 34.7 Å². The molecule has 2 atom stereocenters. The molecule has 0 aromatic heterocycles. The molecule has 5 N–H and O–H groups in total. The lowest BCUT2D eigenvalue weighted by molar-refractivity contribution is -0.133. The van der Waals surface area contributed by atoms with Crippen molar-refractivity contribution in [2.45, 2.75) is 244 Å². The highest BCUT2D eigenvalue weighted by Gasteiger charge is 2.28. The predicted octanol–water partition coefficient (Wildman–Crippen LogP) is 10.8. The Hall–Kier alpha value is -1.03. The largest absolute Gasteiger partial charge is 0.466 e. The molecule has 0 bridgehead atoms. The Morgan fingerprint density at radius 1 is 0.455 bits per heavy atom. The van der Waals surface area contributed by atoms with Crippen LogP contribution in [-0.2, 0) is 14.2 Å². The molecule has 0 aromatic rings. The molecule has 0 radical (unpaired) electrons. The fourth-order valence-electron chi connectivity index (χ4n) is 7.94. The lowest BCUT2D eigenvalue weighted by Gasteiger charge is -2.22. The number of likely N-dealkylation sites (tertiary alicyclic amines) is 2. The van der Waals surface area contributed by atoms with E-state index in [2.05, 4.69) is 13.8 Å². The molecule has 0 spiro atoms. The number of nitrogens with zero attached hydrogens (tertiary/aromatic N) is 2. The second-order valence-corrected chi connectivity index (χ2v) is 17.4. The smallest absolute Gasteiger partial charge is 0.394 e. The molecular weight excluding hydrogens is 715 g/mol. The molecule has 0 unspecified atom stereocenters. The third-order valence-electron chi connectivity index (χ3n) is 11.3. The van der Waals surface area contributed by atoms with Crippen LogP contribution >= 0.6 is 7.82 Å². The summed E-state index contributed by atoms with van der Waals surface area (Å²) in [6.45, 7) is 6.51. The highest BCUT2D eigenvalue weighted by molar-refractivity contribution is 7.45. The van der Waals surface area contributed by atoms with Gasteiger partial charge >= 0.3 is 7.82 Å². The summed E-state index contributed by atoms with van der Waals surface area (Å²) >= 11 is 0. The SMILES string of the molecule is CCCCCCCCCCCCCCCCC(=O)N1CCC[C@H]1CO.CCCCCCCCCCCCCCCCC(=O)N1CCC[C@H]1CO.O=P(O)(O)O. The minimum atomic E-state index is -4.64. The van der Waals surface area contributed by atoms with Gasteiger partial charge in [-0.15, -0.1) is 0 Å². The Labute approximate surface area is 338 Å². The van der Waals surface area contributed by atoms with E-state index in [4.69, 9.17) is 19.2 Å². The van der Waals surface area contributed by atoms with Gasteiger partial charge in [-0.1, -0.05) is 181 Å². The van der Waals surface area contributed by atoms with Crippen LogP contribution in [0.3, 0.4) is 0 Å². The van der Waals surface area contributed by atoms with Crippen molar-refractivity contribution in [2.75, 3.05) is 26.3 Å². The van der Waals surface area contributed by atoms with E-state index in [1.807, 2.05) is 9.80 Å². The van der Waals surface area contributed by atoms with Gasteiger partial charge in [-0.2, -0.15) is 0 Å². The van der Waals surface area contributed by atoms with E-state index >= 15 is 0 Å². The second-order valence-electron chi connectivity index (χ2n) is 16.3. The number of rotatable bonds is 32. The number of hydrogen-bond acceptors (Lipinski definition) is 5. The van der Waals surface area contributed by atoms with Gasteiger partial charge in [0.05, 0.1) is 25.3 Å². The van der Waals surface area contributed by atoms with Crippen molar-refractivity contribution in [1.29, 1.82) is 0 Å². The van der Waals surface area contributed by atoms with E-state index < -0.39 is 7.82 Å². The second kappa shape index (κ2) is 38.5. The Balaban J connectivity index is 0.000000943. The van der Waals surface area contributed by atoms with Crippen LogP contribution in [0.5, 0.6) is 0 Å². The van der Waals surface area contributed by atoms with Gasteiger partial charge in [0.25, 0.3) is 0 Å².